The number of aryl methyl sites for hydroxylation is 1. The van der Waals surface area contributed by atoms with Crippen LogP contribution in [0.2, 0.25) is 0 Å². The summed E-state index contributed by atoms with van der Waals surface area (Å²) >= 11 is 0. The van der Waals surface area contributed by atoms with E-state index in [1.807, 2.05) is 0 Å². The fourth-order valence-corrected chi connectivity index (χ4v) is 1.53. The van der Waals surface area contributed by atoms with Crippen LogP contribution in [-0.2, 0) is 7.05 Å². The van der Waals surface area contributed by atoms with E-state index in [4.69, 9.17) is 5.73 Å². The molecular formula is C11H11F2N3. The Labute approximate surface area is 91.5 Å². The molecule has 0 aliphatic carbocycles. The zero-order chi connectivity index (χ0) is 11.7. The zero-order valence-electron chi connectivity index (χ0n) is 8.69. The van der Waals surface area contributed by atoms with Crippen molar-refractivity contribution >= 4 is 0 Å². The first-order valence-electron chi connectivity index (χ1n) is 4.77. The van der Waals surface area contributed by atoms with Crippen LogP contribution in [0, 0.1) is 11.6 Å². The molecule has 3 nitrogen and oxygen atoms in total. The molecule has 0 fully saturated rings. The number of rotatable bonds is 2. The van der Waals surface area contributed by atoms with Crippen molar-refractivity contribution < 1.29 is 8.78 Å². The van der Waals surface area contributed by atoms with Crippen molar-refractivity contribution in [3.63, 3.8) is 0 Å². The highest BCUT2D eigenvalue weighted by Gasteiger charge is 2.15. The Bertz CT molecular complexity index is 508. The molecule has 1 unspecified atom stereocenters. The molecule has 0 bridgehead atoms. The Morgan fingerprint density at radius 3 is 2.62 bits per heavy atom. The molecule has 0 saturated carbocycles. The molecule has 0 saturated heterocycles. The van der Waals surface area contributed by atoms with Gasteiger partial charge in [0.05, 0.1) is 6.04 Å². The summed E-state index contributed by atoms with van der Waals surface area (Å²) in [6, 6.07) is 3.05. The smallest absolute Gasteiger partial charge is 0.159 e. The largest absolute Gasteiger partial charge is 0.336 e. The number of nitrogens with two attached hydrogens (primary N) is 1. The second kappa shape index (κ2) is 4.02. The average Bonchev–Trinajstić information content (AvgIpc) is 2.67. The lowest BCUT2D eigenvalue weighted by Crippen LogP contribution is -2.16. The van der Waals surface area contributed by atoms with Gasteiger partial charge in [0.2, 0.25) is 0 Å². The lowest BCUT2D eigenvalue weighted by atomic mass is 10.1. The predicted molar refractivity (Wildman–Crippen MR) is 55.6 cm³/mol. The molecule has 0 aliphatic heterocycles. The Morgan fingerprint density at radius 1 is 1.31 bits per heavy atom. The van der Waals surface area contributed by atoms with Gasteiger partial charge in [-0.15, -0.1) is 0 Å². The summed E-state index contributed by atoms with van der Waals surface area (Å²) in [5, 5.41) is 0. The molecule has 2 aromatic rings. The summed E-state index contributed by atoms with van der Waals surface area (Å²) in [6.07, 6.45) is 3.35. The molecule has 0 spiro atoms. The van der Waals surface area contributed by atoms with E-state index < -0.39 is 17.7 Å². The number of hydrogen-bond donors (Lipinski definition) is 1. The first-order valence-corrected chi connectivity index (χ1v) is 4.77. The highest BCUT2D eigenvalue weighted by atomic mass is 19.2. The minimum atomic E-state index is -0.901. The molecule has 0 radical (unpaired) electrons. The molecule has 2 rings (SSSR count). The first kappa shape index (κ1) is 10.8. The van der Waals surface area contributed by atoms with Crippen LogP contribution in [0.4, 0.5) is 8.78 Å². The van der Waals surface area contributed by atoms with Crippen molar-refractivity contribution in [2.75, 3.05) is 0 Å². The maximum atomic E-state index is 13.0. The van der Waals surface area contributed by atoms with Gasteiger partial charge in [-0.2, -0.15) is 0 Å². The Hall–Kier alpha value is -1.75. The number of nitrogens with zero attached hydrogens (tertiary/aromatic N) is 2. The average molecular weight is 223 g/mol. The highest BCUT2D eigenvalue weighted by molar-refractivity contribution is 5.26. The van der Waals surface area contributed by atoms with Gasteiger partial charge in [-0.25, -0.2) is 13.8 Å². The summed E-state index contributed by atoms with van der Waals surface area (Å²) in [4.78, 5) is 4.07. The van der Waals surface area contributed by atoms with Gasteiger partial charge in [-0.3, -0.25) is 0 Å². The number of benzene rings is 1. The van der Waals surface area contributed by atoms with Gasteiger partial charge in [0.1, 0.15) is 5.82 Å². The molecule has 16 heavy (non-hydrogen) atoms. The minimum Gasteiger partial charge on any atom is -0.336 e. The quantitative estimate of drug-likeness (QED) is 0.842. The fourth-order valence-electron chi connectivity index (χ4n) is 1.53. The van der Waals surface area contributed by atoms with Crippen molar-refractivity contribution in [3.05, 3.63) is 53.6 Å². The van der Waals surface area contributed by atoms with Gasteiger partial charge in [0.25, 0.3) is 0 Å². The lowest BCUT2D eigenvalue weighted by Gasteiger charge is -2.12. The Morgan fingerprint density at radius 2 is 2.06 bits per heavy atom. The number of aromatic nitrogens is 2. The number of hydrogen-bond acceptors (Lipinski definition) is 2. The van der Waals surface area contributed by atoms with E-state index in [0.29, 0.717) is 11.4 Å². The van der Waals surface area contributed by atoms with Gasteiger partial charge < -0.3 is 10.3 Å². The van der Waals surface area contributed by atoms with Gasteiger partial charge >= 0.3 is 0 Å². The van der Waals surface area contributed by atoms with Crippen LogP contribution in [0.15, 0.2) is 30.6 Å². The van der Waals surface area contributed by atoms with Crippen LogP contribution in [0.1, 0.15) is 17.4 Å². The van der Waals surface area contributed by atoms with Gasteiger partial charge in [0, 0.05) is 19.4 Å². The molecule has 1 atom stereocenters. The second-order valence-corrected chi connectivity index (χ2v) is 3.55. The number of halogens is 2. The van der Waals surface area contributed by atoms with Crippen molar-refractivity contribution in [2.24, 2.45) is 12.8 Å². The Kier molecular flexibility index (Phi) is 2.70. The van der Waals surface area contributed by atoms with E-state index in [1.165, 1.54) is 6.07 Å². The van der Waals surface area contributed by atoms with Crippen LogP contribution in [0.25, 0.3) is 0 Å². The summed E-state index contributed by atoms with van der Waals surface area (Å²) in [5.41, 5.74) is 6.40. The summed E-state index contributed by atoms with van der Waals surface area (Å²) in [6.45, 7) is 0. The molecule has 84 valence electrons. The third-order valence-electron chi connectivity index (χ3n) is 2.44. The van der Waals surface area contributed by atoms with Crippen molar-refractivity contribution in [3.8, 4) is 0 Å². The monoisotopic (exact) mass is 223 g/mol. The maximum absolute atomic E-state index is 13.0. The summed E-state index contributed by atoms with van der Waals surface area (Å²) in [5.74, 6) is -1.18. The van der Waals surface area contributed by atoms with E-state index in [9.17, 15) is 8.78 Å². The molecule has 0 aliphatic rings. The predicted octanol–water partition coefficient (Wildman–Crippen LogP) is 1.75. The van der Waals surface area contributed by atoms with E-state index in [1.54, 1.807) is 24.0 Å². The molecule has 0 amide bonds. The molecule has 2 N–H and O–H groups in total. The van der Waals surface area contributed by atoms with Crippen LogP contribution < -0.4 is 5.73 Å². The summed E-state index contributed by atoms with van der Waals surface area (Å²) in [7, 11) is 1.79. The van der Waals surface area contributed by atoms with E-state index in [-0.39, 0.29) is 0 Å². The fraction of sp³-hybridized carbons (Fsp3) is 0.182. The third-order valence-corrected chi connectivity index (χ3v) is 2.44. The van der Waals surface area contributed by atoms with Gasteiger partial charge in [-0.1, -0.05) is 6.07 Å². The maximum Gasteiger partial charge on any atom is 0.159 e. The van der Waals surface area contributed by atoms with Crippen LogP contribution in [-0.4, -0.2) is 9.55 Å². The third kappa shape index (κ3) is 1.81. The molecule has 1 heterocycles. The van der Waals surface area contributed by atoms with Gasteiger partial charge in [0.15, 0.2) is 11.6 Å². The lowest BCUT2D eigenvalue weighted by molar-refractivity contribution is 0.505. The van der Waals surface area contributed by atoms with Crippen LogP contribution >= 0.6 is 0 Å². The van der Waals surface area contributed by atoms with Crippen molar-refractivity contribution in [1.29, 1.82) is 0 Å². The van der Waals surface area contributed by atoms with Crippen molar-refractivity contribution in [1.82, 2.24) is 9.55 Å². The second-order valence-electron chi connectivity index (χ2n) is 3.55. The normalized spacial score (nSPS) is 12.8. The number of imidazole rings is 1. The van der Waals surface area contributed by atoms with Crippen LogP contribution in [0.5, 0.6) is 0 Å². The van der Waals surface area contributed by atoms with E-state index in [0.717, 1.165) is 12.1 Å². The first-order chi connectivity index (χ1) is 7.59. The van der Waals surface area contributed by atoms with E-state index in [2.05, 4.69) is 4.98 Å². The topological polar surface area (TPSA) is 43.8 Å². The zero-order valence-corrected chi connectivity index (χ0v) is 8.69. The SMILES string of the molecule is Cn1ccnc1C(N)c1ccc(F)c(F)c1. The van der Waals surface area contributed by atoms with Gasteiger partial charge in [-0.05, 0) is 17.7 Å². The molecular weight excluding hydrogens is 212 g/mol. The van der Waals surface area contributed by atoms with Crippen molar-refractivity contribution in [2.45, 2.75) is 6.04 Å². The molecule has 5 heteroatoms. The summed E-state index contributed by atoms with van der Waals surface area (Å²) < 4.78 is 27.5. The molecule has 1 aromatic carbocycles. The minimum absolute atomic E-state index is 0.494. The van der Waals surface area contributed by atoms with E-state index >= 15 is 0 Å². The Balaban J connectivity index is 2.38. The standard InChI is InChI=1S/C11H11F2N3/c1-16-5-4-15-11(16)10(14)7-2-3-8(12)9(13)6-7/h2-6,10H,14H2,1H3. The highest BCUT2D eigenvalue weighted by Crippen LogP contribution is 2.19. The molecule has 1 aromatic heterocycles. The van der Waals surface area contributed by atoms with Crippen LogP contribution in [0.3, 0.4) is 0 Å².